The number of hydrogen-bond acceptors (Lipinski definition) is 4. The van der Waals surface area contributed by atoms with Crippen LogP contribution in [0.1, 0.15) is 33.6 Å². The molecule has 0 bridgehead atoms. The summed E-state index contributed by atoms with van der Waals surface area (Å²) in [5.41, 5.74) is 1.60. The van der Waals surface area contributed by atoms with Gasteiger partial charge in [0.05, 0.1) is 0 Å². The Morgan fingerprint density at radius 1 is 0.583 bits per heavy atom. The van der Waals surface area contributed by atoms with Gasteiger partial charge in [-0.25, -0.2) is 0 Å². The van der Waals surface area contributed by atoms with E-state index in [4.69, 9.17) is 0 Å². The van der Waals surface area contributed by atoms with Gasteiger partial charge in [0.25, 0.3) is 0 Å². The van der Waals surface area contributed by atoms with Gasteiger partial charge in [-0.1, -0.05) is 60.7 Å². The van der Waals surface area contributed by atoms with Gasteiger partial charge in [0.2, 0.25) is 0 Å². The third-order valence-corrected chi connectivity index (χ3v) is 5.74. The van der Waals surface area contributed by atoms with Crippen molar-refractivity contribution in [2.45, 2.75) is 12.8 Å². The van der Waals surface area contributed by atoms with E-state index >= 15 is 0 Å². The highest BCUT2D eigenvalue weighted by molar-refractivity contribution is 8.02. The van der Waals surface area contributed by atoms with Crippen LogP contribution in [0.3, 0.4) is 0 Å². The summed E-state index contributed by atoms with van der Waals surface area (Å²) < 4.78 is 0. The van der Waals surface area contributed by atoms with Gasteiger partial charge in [0.1, 0.15) is 0 Å². The van der Waals surface area contributed by atoms with Crippen molar-refractivity contribution in [3.05, 3.63) is 71.8 Å². The van der Waals surface area contributed by atoms with Crippen molar-refractivity contribution in [2.24, 2.45) is 0 Å². The molecule has 24 heavy (non-hydrogen) atoms. The molecule has 0 amide bonds. The van der Waals surface area contributed by atoms with Crippen LogP contribution in [-0.4, -0.2) is 34.6 Å². The first-order chi connectivity index (χ1) is 11.8. The van der Waals surface area contributed by atoms with Crippen molar-refractivity contribution in [3.8, 4) is 0 Å². The molecule has 0 aliphatic rings. The zero-order chi connectivity index (χ0) is 17.0. The molecule has 0 saturated heterocycles. The zero-order valence-electron chi connectivity index (χ0n) is 13.6. The fourth-order valence-corrected chi connectivity index (χ4v) is 4.20. The Bertz CT molecular complexity index is 569. The molecule has 2 aromatic carbocycles. The van der Waals surface area contributed by atoms with E-state index in [0.717, 1.165) is 34.1 Å². The highest BCUT2D eigenvalue weighted by Gasteiger charge is 2.05. The second-order valence-corrected chi connectivity index (χ2v) is 7.75. The molecule has 0 unspecified atom stereocenters. The maximum atomic E-state index is 11.9. The quantitative estimate of drug-likeness (QED) is 0.418. The van der Waals surface area contributed by atoms with Gasteiger partial charge in [-0.2, -0.15) is 23.5 Å². The fraction of sp³-hybridized carbons (Fsp3) is 0.300. The first kappa shape index (κ1) is 18.8. The highest BCUT2D eigenvalue weighted by atomic mass is 32.2. The third-order valence-electron chi connectivity index (χ3n) is 3.51. The molecule has 0 N–H and O–H groups in total. The van der Waals surface area contributed by atoms with Crippen molar-refractivity contribution in [2.75, 3.05) is 23.0 Å². The minimum absolute atomic E-state index is 0.212. The maximum Gasteiger partial charge on any atom is 0.163 e. The average molecular weight is 359 g/mol. The fourth-order valence-electron chi connectivity index (χ4n) is 2.19. The van der Waals surface area contributed by atoms with Crippen molar-refractivity contribution in [1.82, 2.24) is 0 Å². The Labute approximate surface area is 152 Å². The number of carbonyl (C=O) groups is 2. The van der Waals surface area contributed by atoms with Gasteiger partial charge >= 0.3 is 0 Å². The summed E-state index contributed by atoms with van der Waals surface area (Å²) in [7, 11) is 0. The maximum absolute atomic E-state index is 11.9. The molecule has 0 aromatic heterocycles. The van der Waals surface area contributed by atoms with Crippen LogP contribution >= 0.6 is 23.5 Å². The van der Waals surface area contributed by atoms with E-state index in [1.165, 1.54) is 0 Å². The van der Waals surface area contributed by atoms with Crippen LogP contribution in [0.25, 0.3) is 0 Å². The van der Waals surface area contributed by atoms with Crippen LogP contribution in [-0.2, 0) is 0 Å². The molecular weight excluding hydrogens is 336 g/mol. The summed E-state index contributed by atoms with van der Waals surface area (Å²) in [5.74, 6) is 4.18. The third kappa shape index (κ3) is 6.93. The number of carbonyl (C=O) groups excluding carboxylic acids is 2. The molecule has 0 saturated carbocycles. The van der Waals surface area contributed by atoms with Crippen LogP contribution in [0, 0.1) is 0 Å². The SMILES string of the molecule is O=C(CCSCCSCCC(=O)c1ccccc1)c1ccccc1. The molecule has 2 rings (SSSR count). The van der Waals surface area contributed by atoms with Gasteiger partial charge in [-0.15, -0.1) is 0 Å². The molecule has 0 atom stereocenters. The van der Waals surface area contributed by atoms with Crippen molar-refractivity contribution in [1.29, 1.82) is 0 Å². The Kier molecular flexibility index (Phi) is 8.71. The van der Waals surface area contributed by atoms with E-state index in [1.807, 2.05) is 60.7 Å². The standard InChI is InChI=1S/C20H22O2S2/c21-19(17-7-3-1-4-8-17)11-13-23-15-16-24-14-12-20(22)18-9-5-2-6-10-18/h1-10H,11-16H2. The molecular formula is C20H22O2S2. The summed E-state index contributed by atoms with van der Waals surface area (Å²) in [5, 5.41) is 0. The second kappa shape index (κ2) is 11.1. The van der Waals surface area contributed by atoms with Crippen LogP contribution in [0.2, 0.25) is 0 Å². The van der Waals surface area contributed by atoms with Crippen LogP contribution < -0.4 is 0 Å². The lowest BCUT2D eigenvalue weighted by Gasteiger charge is -2.03. The highest BCUT2D eigenvalue weighted by Crippen LogP contribution is 2.13. The minimum Gasteiger partial charge on any atom is -0.294 e. The molecule has 0 radical (unpaired) electrons. The number of benzene rings is 2. The Balaban J connectivity index is 1.48. The number of Topliss-reactive ketones (excluding diaryl/α,β-unsaturated/α-hetero) is 2. The van der Waals surface area contributed by atoms with E-state index in [-0.39, 0.29) is 11.6 Å². The average Bonchev–Trinajstić information content (AvgIpc) is 2.65. The molecule has 0 heterocycles. The summed E-state index contributed by atoms with van der Waals surface area (Å²) in [6.07, 6.45) is 1.18. The van der Waals surface area contributed by atoms with Crippen LogP contribution in [0.4, 0.5) is 0 Å². The molecule has 0 aliphatic heterocycles. The lowest BCUT2D eigenvalue weighted by atomic mass is 10.1. The van der Waals surface area contributed by atoms with E-state index in [1.54, 1.807) is 23.5 Å². The Morgan fingerprint density at radius 2 is 0.958 bits per heavy atom. The zero-order valence-corrected chi connectivity index (χ0v) is 15.3. The monoisotopic (exact) mass is 358 g/mol. The molecule has 0 spiro atoms. The van der Waals surface area contributed by atoms with Gasteiger partial charge in [-0.3, -0.25) is 9.59 Å². The molecule has 2 nitrogen and oxygen atoms in total. The summed E-state index contributed by atoms with van der Waals surface area (Å²) in [6.45, 7) is 0. The molecule has 4 heteroatoms. The van der Waals surface area contributed by atoms with E-state index in [9.17, 15) is 9.59 Å². The normalized spacial score (nSPS) is 10.5. The minimum atomic E-state index is 0.212. The first-order valence-electron chi connectivity index (χ1n) is 8.09. The largest absolute Gasteiger partial charge is 0.294 e. The molecule has 0 aliphatic carbocycles. The first-order valence-corrected chi connectivity index (χ1v) is 10.4. The lowest BCUT2D eigenvalue weighted by molar-refractivity contribution is 0.0981. The van der Waals surface area contributed by atoms with Crippen molar-refractivity contribution < 1.29 is 9.59 Å². The molecule has 126 valence electrons. The van der Waals surface area contributed by atoms with Gasteiger partial charge in [0, 0.05) is 47.0 Å². The van der Waals surface area contributed by atoms with E-state index in [0.29, 0.717) is 12.8 Å². The van der Waals surface area contributed by atoms with Crippen molar-refractivity contribution in [3.63, 3.8) is 0 Å². The van der Waals surface area contributed by atoms with Gasteiger partial charge in [-0.05, 0) is 0 Å². The number of rotatable bonds is 11. The summed E-state index contributed by atoms with van der Waals surface area (Å²) in [4.78, 5) is 23.9. The predicted octanol–water partition coefficient (Wildman–Crippen LogP) is 5.00. The lowest BCUT2D eigenvalue weighted by Crippen LogP contribution is -2.02. The molecule has 0 fully saturated rings. The van der Waals surface area contributed by atoms with E-state index < -0.39 is 0 Å². The summed E-state index contributed by atoms with van der Waals surface area (Å²) >= 11 is 3.61. The van der Waals surface area contributed by atoms with Crippen molar-refractivity contribution >= 4 is 35.1 Å². The topological polar surface area (TPSA) is 34.1 Å². The van der Waals surface area contributed by atoms with Crippen LogP contribution in [0.5, 0.6) is 0 Å². The number of ketones is 2. The smallest absolute Gasteiger partial charge is 0.163 e. The van der Waals surface area contributed by atoms with E-state index in [2.05, 4.69) is 0 Å². The second-order valence-electron chi connectivity index (χ2n) is 5.30. The predicted molar refractivity (Wildman–Crippen MR) is 105 cm³/mol. The molecule has 2 aromatic rings. The Morgan fingerprint density at radius 3 is 1.33 bits per heavy atom. The van der Waals surface area contributed by atoms with Gasteiger partial charge < -0.3 is 0 Å². The van der Waals surface area contributed by atoms with Gasteiger partial charge in [0.15, 0.2) is 11.6 Å². The Hall–Kier alpha value is -1.52. The van der Waals surface area contributed by atoms with Crippen LogP contribution in [0.15, 0.2) is 60.7 Å². The summed E-state index contributed by atoms with van der Waals surface area (Å²) in [6, 6.07) is 18.9. The number of hydrogen-bond donors (Lipinski definition) is 0. The number of thioether (sulfide) groups is 2.